The molecule has 0 rings (SSSR count). The molecule has 0 saturated carbocycles. The van der Waals surface area contributed by atoms with Crippen LogP contribution in [-0.2, 0) is 42.2 Å². The molecule has 0 bridgehead atoms. The Morgan fingerprint density at radius 1 is 0.389 bits per heavy atom. The molecule has 0 aliphatic carbocycles. The number of esters is 3. The number of hydrogen-bond donors (Lipinski definition) is 2. The largest absolute Gasteiger partial charge is 0.472 e. The molecule has 0 saturated heterocycles. The predicted octanol–water partition coefficient (Wildman–Crippen LogP) is 15.8. The average Bonchev–Trinajstić information content (AvgIpc) is 3.37. The average molecular weight is 1020 g/mol. The van der Waals surface area contributed by atoms with E-state index in [-0.39, 0.29) is 25.9 Å². The summed E-state index contributed by atoms with van der Waals surface area (Å²) >= 11 is 0. The molecule has 3 unspecified atom stereocenters. The van der Waals surface area contributed by atoms with Crippen molar-refractivity contribution in [2.45, 2.75) is 200 Å². The summed E-state index contributed by atoms with van der Waals surface area (Å²) in [6.45, 7) is 4.13. The molecule has 0 aliphatic heterocycles. The second kappa shape index (κ2) is 52.9. The van der Waals surface area contributed by atoms with Crippen LogP contribution in [0.4, 0.5) is 0 Å². The van der Waals surface area contributed by atoms with Crippen LogP contribution in [0.15, 0.2) is 134 Å². The number of aliphatic hydroxyl groups is 1. The van der Waals surface area contributed by atoms with Crippen molar-refractivity contribution in [1.82, 2.24) is 0 Å². The lowest BCUT2D eigenvalue weighted by molar-refractivity contribution is -0.161. The number of carbonyl (C=O) groups excluding carboxylic acids is 3. The summed E-state index contributed by atoms with van der Waals surface area (Å²) < 4.78 is 39.3. The quantitative estimate of drug-likeness (QED) is 0.0197. The second-order valence-electron chi connectivity index (χ2n) is 17.2. The first-order valence-electron chi connectivity index (χ1n) is 27.1. The topological polar surface area (TPSA) is 155 Å². The van der Waals surface area contributed by atoms with E-state index in [4.69, 9.17) is 23.3 Å². The highest BCUT2D eigenvalue weighted by atomic mass is 31.2. The molecule has 12 heteroatoms. The third kappa shape index (κ3) is 50.6. The van der Waals surface area contributed by atoms with E-state index in [1.54, 1.807) is 0 Å². The van der Waals surface area contributed by atoms with Gasteiger partial charge in [-0.05, 0) is 116 Å². The molecule has 3 atom stereocenters. The van der Waals surface area contributed by atoms with Crippen molar-refractivity contribution < 1.29 is 52.2 Å². The summed E-state index contributed by atoms with van der Waals surface area (Å²) in [5.74, 6) is -1.64. The zero-order chi connectivity index (χ0) is 52.7. The Hall–Kier alpha value is -4.38. The minimum absolute atomic E-state index is 0.0929. The molecular formula is C60H95O11P. The number of aliphatic hydroxyl groups excluding tert-OH is 1. The zero-order valence-corrected chi connectivity index (χ0v) is 45.5. The van der Waals surface area contributed by atoms with Gasteiger partial charge >= 0.3 is 25.7 Å². The highest BCUT2D eigenvalue weighted by molar-refractivity contribution is 7.47. The van der Waals surface area contributed by atoms with Crippen molar-refractivity contribution in [3.63, 3.8) is 0 Å². The van der Waals surface area contributed by atoms with E-state index in [2.05, 4.69) is 142 Å². The fourth-order valence-electron chi connectivity index (χ4n) is 6.55. The van der Waals surface area contributed by atoms with Gasteiger partial charge in [0.15, 0.2) is 6.10 Å². The van der Waals surface area contributed by atoms with Crippen LogP contribution in [0.1, 0.15) is 188 Å². The van der Waals surface area contributed by atoms with Crippen LogP contribution in [0, 0.1) is 0 Å². The Bertz CT molecular complexity index is 1710. The number of phosphoric ester groups is 1. The summed E-state index contributed by atoms with van der Waals surface area (Å²) in [5.41, 5.74) is 0. The lowest BCUT2D eigenvalue weighted by Gasteiger charge is -2.21. The number of rotatable bonds is 48. The summed E-state index contributed by atoms with van der Waals surface area (Å²) in [7, 11) is -4.78. The predicted molar refractivity (Wildman–Crippen MR) is 297 cm³/mol. The van der Waals surface area contributed by atoms with E-state index in [1.807, 2.05) is 12.2 Å². The van der Waals surface area contributed by atoms with E-state index in [1.165, 1.54) is 0 Å². The molecule has 0 aromatic rings. The minimum atomic E-state index is -4.78. The summed E-state index contributed by atoms with van der Waals surface area (Å²) in [4.78, 5) is 48.4. The molecule has 0 radical (unpaired) electrons. The third-order valence-electron chi connectivity index (χ3n) is 10.6. The van der Waals surface area contributed by atoms with Crippen molar-refractivity contribution in [1.29, 1.82) is 0 Å². The maximum absolute atomic E-state index is 12.9. The van der Waals surface area contributed by atoms with E-state index < -0.39 is 57.8 Å². The van der Waals surface area contributed by atoms with Gasteiger partial charge in [0.2, 0.25) is 0 Å². The Balaban J connectivity index is 4.87. The number of hydrogen-bond acceptors (Lipinski definition) is 10. The maximum atomic E-state index is 12.9. The number of ether oxygens (including phenoxy) is 3. The maximum Gasteiger partial charge on any atom is 0.472 e. The monoisotopic (exact) mass is 1020 g/mol. The standard InChI is InChI=1S/C60H95O11P/c1-4-7-10-13-16-19-22-25-27-28-30-33-36-39-42-45-48-51-60(64)71-57(53-67-58(62)49-46-43-40-37-34-31-24-21-18-15-12-9-6-3)55-69-72(65,66)68-54-56(52-61)70-59(63)50-47-44-41-38-35-32-29-26-23-20-17-14-11-8-5-2/h7-12,16-21,25-27,29,31,34-35,38,40,43,56-57,61H,4-6,13-15,22-24,28,30,32-33,36-37,39,41-42,44-55H2,1-3H3,(H,65,66)/b10-7-,11-8-,12-9-,19-16-,20-17-,21-18-,27-25-,29-26-,34-31-,38-35-,43-40-. The number of carbonyl (C=O) groups is 3. The molecule has 0 aromatic heterocycles. The Morgan fingerprint density at radius 3 is 1.12 bits per heavy atom. The fraction of sp³-hybridized carbons (Fsp3) is 0.583. The molecule has 0 fully saturated rings. The van der Waals surface area contributed by atoms with Crippen LogP contribution in [0.25, 0.3) is 0 Å². The molecular weight excluding hydrogens is 928 g/mol. The first kappa shape index (κ1) is 67.6. The van der Waals surface area contributed by atoms with Crippen LogP contribution in [0.5, 0.6) is 0 Å². The summed E-state index contributed by atoms with van der Waals surface area (Å²) in [6, 6.07) is 0. The van der Waals surface area contributed by atoms with Gasteiger partial charge < -0.3 is 24.2 Å². The van der Waals surface area contributed by atoms with Crippen molar-refractivity contribution in [3.05, 3.63) is 134 Å². The van der Waals surface area contributed by atoms with Crippen molar-refractivity contribution in [2.24, 2.45) is 0 Å². The fourth-order valence-corrected chi connectivity index (χ4v) is 7.33. The van der Waals surface area contributed by atoms with Gasteiger partial charge in [-0.3, -0.25) is 23.4 Å². The van der Waals surface area contributed by atoms with Crippen LogP contribution in [0.3, 0.4) is 0 Å². The molecule has 0 heterocycles. The van der Waals surface area contributed by atoms with Gasteiger partial charge in [0, 0.05) is 19.3 Å². The summed E-state index contributed by atoms with van der Waals surface area (Å²) in [6.07, 6.45) is 65.8. The van der Waals surface area contributed by atoms with Gasteiger partial charge in [-0.15, -0.1) is 0 Å². The van der Waals surface area contributed by atoms with Crippen LogP contribution < -0.4 is 0 Å². The van der Waals surface area contributed by atoms with Crippen LogP contribution >= 0.6 is 7.82 Å². The SMILES string of the molecule is CC/C=C\C/C=C\C/C=C\C/C=C\CCCCC(=O)OC(CO)COP(=O)(O)OCC(COC(=O)CC/C=C\C/C=C\C/C=C\C/C=C\CC)OC(=O)CCCCCCCCC/C=C\C/C=C\C/C=C\CC. The summed E-state index contributed by atoms with van der Waals surface area (Å²) in [5, 5.41) is 9.79. The number of phosphoric acid groups is 1. The molecule has 2 N–H and O–H groups in total. The molecule has 406 valence electrons. The highest BCUT2D eigenvalue weighted by Crippen LogP contribution is 2.43. The lowest BCUT2D eigenvalue weighted by Crippen LogP contribution is -2.30. The Morgan fingerprint density at radius 2 is 0.708 bits per heavy atom. The van der Waals surface area contributed by atoms with Gasteiger partial charge in [0.25, 0.3) is 0 Å². The molecule has 11 nitrogen and oxygen atoms in total. The zero-order valence-electron chi connectivity index (χ0n) is 44.6. The van der Waals surface area contributed by atoms with Crippen molar-refractivity contribution >= 4 is 25.7 Å². The highest BCUT2D eigenvalue weighted by Gasteiger charge is 2.28. The first-order valence-corrected chi connectivity index (χ1v) is 28.6. The van der Waals surface area contributed by atoms with Crippen molar-refractivity contribution in [2.75, 3.05) is 26.4 Å². The van der Waals surface area contributed by atoms with Gasteiger partial charge in [-0.25, -0.2) is 4.57 Å². The van der Waals surface area contributed by atoms with E-state index in [0.717, 1.165) is 128 Å². The van der Waals surface area contributed by atoms with Gasteiger partial charge in [-0.2, -0.15) is 0 Å². The van der Waals surface area contributed by atoms with Crippen molar-refractivity contribution in [3.8, 4) is 0 Å². The lowest BCUT2D eigenvalue weighted by atomic mass is 10.1. The van der Waals surface area contributed by atoms with Gasteiger partial charge in [0.1, 0.15) is 12.7 Å². The van der Waals surface area contributed by atoms with E-state index >= 15 is 0 Å². The van der Waals surface area contributed by atoms with E-state index in [0.29, 0.717) is 19.3 Å². The Labute approximate surface area is 436 Å². The smallest absolute Gasteiger partial charge is 0.462 e. The molecule has 0 amide bonds. The minimum Gasteiger partial charge on any atom is -0.462 e. The number of allylic oxidation sites excluding steroid dienone is 22. The number of unbranched alkanes of at least 4 members (excludes halogenated alkanes) is 9. The van der Waals surface area contributed by atoms with Crippen LogP contribution in [-0.4, -0.2) is 66.5 Å². The molecule has 72 heavy (non-hydrogen) atoms. The molecule has 0 spiro atoms. The third-order valence-corrected chi connectivity index (χ3v) is 11.5. The van der Waals surface area contributed by atoms with Gasteiger partial charge in [-0.1, -0.05) is 187 Å². The molecule has 0 aromatic carbocycles. The first-order chi connectivity index (χ1) is 35.2. The second-order valence-corrected chi connectivity index (χ2v) is 18.7. The Kier molecular flexibility index (Phi) is 49.7. The van der Waals surface area contributed by atoms with Crippen LogP contribution in [0.2, 0.25) is 0 Å². The van der Waals surface area contributed by atoms with Gasteiger partial charge in [0.05, 0.1) is 19.8 Å². The normalized spacial score (nSPS) is 14.5. The van der Waals surface area contributed by atoms with E-state index in [9.17, 15) is 28.9 Å². The molecule has 0 aliphatic rings.